The number of carbonyl (C=O) groups excluding carboxylic acids is 1. The van der Waals surface area contributed by atoms with E-state index in [0.717, 1.165) is 10.9 Å². The van der Waals surface area contributed by atoms with E-state index in [1.807, 2.05) is 30.3 Å². The van der Waals surface area contributed by atoms with E-state index >= 15 is 0 Å². The summed E-state index contributed by atoms with van der Waals surface area (Å²) in [7, 11) is 1.33. The van der Waals surface area contributed by atoms with Gasteiger partial charge in [-0.2, -0.15) is 5.10 Å². The van der Waals surface area contributed by atoms with Gasteiger partial charge in [-0.3, -0.25) is 4.68 Å². The summed E-state index contributed by atoms with van der Waals surface area (Å²) in [6.07, 6.45) is 3.31. The molecule has 2 aromatic carbocycles. The molecular formula is C19H14ClN3O3. The number of esters is 1. The minimum Gasteiger partial charge on any atom is -0.465 e. The lowest BCUT2D eigenvalue weighted by atomic mass is 10.1. The lowest BCUT2D eigenvalue weighted by Gasteiger charge is -2.06. The van der Waals surface area contributed by atoms with Gasteiger partial charge in [0.25, 0.3) is 0 Å². The number of benzene rings is 2. The SMILES string of the molecule is COC(=O)c1cc(Cl)cc2cnn(Cc3cnc(-c4ccccc4)o3)c12. The molecular weight excluding hydrogens is 354 g/mol. The molecule has 0 fully saturated rings. The lowest BCUT2D eigenvalue weighted by Crippen LogP contribution is -2.07. The van der Waals surface area contributed by atoms with Crippen LogP contribution in [-0.4, -0.2) is 27.8 Å². The number of nitrogens with zero attached hydrogens (tertiary/aromatic N) is 3. The first-order valence-corrected chi connectivity index (χ1v) is 8.27. The van der Waals surface area contributed by atoms with Crippen LogP contribution in [0, 0.1) is 0 Å². The van der Waals surface area contributed by atoms with Crippen LogP contribution in [0.25, 0.3) is 22.4 Å². The normalized spacial score (nSPS) is 11.0. The van der Waals surface area contributed by atoms with Crippen LogP contribution in [0.4, 0.5) is 0 Å². The third kappa shape index (κ3) is 2.95. The molecule has 0 aliphatic carbocycles. The van der Waals surface area contributed by atoms with Crippen LogP contribution in [0.1, 0.15) is 16.1 Å². The van der Waals surface area contributed by atoms with E-state index in [1.165, 1.54) is 7.11 Å². The standard InChI is InChI=1S/C19H14ClN3O3/c1-25-19(24)16-8-14(20)7-13-9-22-23(17(13)16)11-15-10-21-18(26-15)12-5-3-2-4-6-12/h2-10H,11H2,1H3. The van der Waals surface area contributed by atoms with Crippen LogP contribution in [0.5, 0.6) is 0 Å². The molecule has 130 valence electrons. The van der Waals surface area contributed by atoms with E-state index in [2.05, 4.69) is 10.1 Å². The summed E-state index contributed by atoms with van der Waals surface area (Å²) < 4.78 is 12.4. The Kier molecular flexibility index (Phi) is 4.18. The maximum absolute atomic E-state index is 12.1. The van der Waals surface area contributed by atoms with Gasteiger partial charge in [0.15, 0.2) is 0 Å². The van der Waals surface area contributed by atoms with Crippen LogP contribution in [0.3, 0.4) is 0 Å². The van der Waals surface area contributed by atoms with Crippen molar-refractivity contribution in [3.8, 4) is 11.5 Å². The minimum absolute atomic E-state index is 0.328. The van der Waals surface area contributed by atoms with Gasteiger partial charge in [-0.15, -0.1) is 0 Å². The summed E-state index contributed by atoms with van der Waals surface area (Å²) >= 11 is 6.09. The van der Waals surface area contributed by atoms with Crippen molar-refractivity contribution in [2.24, 2.45) is 0 Å². The van der Waals surface area contributed by atoms with Crippen LogP contribution < -0.4 is 0 Å². The van der Waals surface area contributed by atoms with Crippen LogP contribution >= 0.6 is 11.6 Å². The van der Waals surface area contributed by atoms with Gasteiger partial charge in [0.1, 0.15) is 12.3 Å². The Balaban J connectivity index is 1.72. The predicted molar refractivity (Wildman–Crippen MR) is 97.1 cm³/mol. The van der Waals surface area contributed by atoms with Gasteiger partial charge in [-0.05, 0) is 24.3 Å². The molecule has 6 nitrogen and oxygen atoms in total. The van der Waals surface area contributed by atoms with Gasteiger partial charge >= 0.3 is 5.97 Å². The van der Waals surface area contributed by atoms with Gasteiger partial charge < -0.3 is 9.15 Å². The fraction of sp³-hybridized carbons (Fsp3) is 0.105. The van der Waals surface area contributed by atoms with Gasteiger partial charge in [0, 0.05) is 16.0 Å². The summed E-state index contributed by atoms with van der Waals surface area (Å²) in [5.74, 6) is 0.690. The average molecular weight is 368 g/mol. The number of fused-ring (bicyclic) bond motifs is 1. The molecule has 0 aliphatic rings. The van der Waals surface area contributed by atoms with Crippen molar-refractivity contribution in [3.63, 3.8) is 0 Å². The number of rotatable bonds is 4. The van der Waals surface area contributed by atoms with E-state index in [9.17, 15) is 4.79 Å². The molecule has 2 aromatic heterocycles. The fourth-order valence-corrected chi connectivity index (χ4v) is 3.05. The van der Waals surface area contributed by atoms with E-state index in [4.69, 9.17) is 20.8 Å². The van der Waals surface area contributed by atoms with Gasteiger partial charge in [-0.1, -0.05) is 29.8 Å². The van der Waals surface area contributed by atoms with Crippen molar-refractivity contribution in [1.29, 1.82) is 0 Å². The highest BCUT2D eigenvalue weighted by Crippen LogP contribution is 2.26. The fourth-order valence-electron chi connectivity index (χ4n) is 2.82. The molecule has 4 rings (SSSR count). The first kappa shape index (κ1) is 16.4. The van der Waals surface area contributed by atoms with Gasteiger partial charge in [0.2, 0.25) is 5.89 Å². The van der Waals surface area contributed by atoms with E-state index in [0.29, 0.717) is 34.3 Å². The molecule has 0 aliphatic heterocycles. The lowest BCUT2D eigenvalue weighted by molar-refractivity contribution is 0.0602. The number of carbonyl (C=O) groups is 1. The Morgan fingerprint density at radius 3 is 2.81 bits per heavy atom. The zero-order chi connectivity index (χ0) is 18.1. The molecule has 0 amide bonds. The maximum Gasteiger partial charge on any atom is 0.340 e. The number of halogens is 1. The topological polar surface area (TPSA) is 70.2 Å². The molecule has 2 heterocycles. The molecule has 0 saturated heterocycles. The minimum atomic E-state index is -0.471. The summed E-state index contributed by atoms with van der Waals surface area (Å²) in [6, 6.07) is 13.0. The van der Waals surface area contributed by atoms with Crippen molar-refractivity contribution in [2.45, 2.75) is 6.54 Å². The van der Waals surface area contributed by atoms with Gasteiger partial charge in [0.05, 0.1) is 30.6 Å². The highest BCUT2D eigenvalue weighted by molar-refractivity contribution is 6.32. The second-order valence-corrected chi connectivity index (χ2v) is 6.12. The smallest absolute Gasteiger partial charge is 0.340 e. The molecule has 0 radical (unpaired) electrons. The van der Waals surface area contributed by atoms with E-state index in [1.54, 1.807) is 29.2 Å². The number of hydrogen-bond donors (Lipinski definition) is 0. The average Bonchev–Trinajstić information content (AvgIpc) is 3.29. The second-order valence-electron chi connectivity index (χ2n) is 5.68. The molecule has 0 unspecified atom stereocenters. The highest BCUT2D eigenvalue weighted by atomic mass is 35.5. The Bertz CT molecular complexity index is 1090. The molecule has 0 saturated carbocycles. The first-order valence-electron chi connectivity index (χ1n) is 7.89. The molecule has 7 heteroatoms. The van der Waals surface area contributed by atoms with Crippen molar-refractivity contribution in [2.75, 3.05) is 7.11 Å². The van der Waals surface area contributed by atoms with E-state index < -0.39 is 5.97 Å². The van der Waals surface area contributed by atoms with Crippen molar-refractivity contribution < 1.29 is 13.9 Å². The second kappa shape index (κ2) is 6.65. The Morgan fingerprint density at radius 2 is 2.04 bits per heavy atom. The molecule has 0 atom stereocenters. The molecule has 0 N–H and O–H groups in total. The first-order chi connectivity index (χ1) is 12.7. The number of oxazole rings is 1. The van der Waals surface area contributed by atoms with Gasteiger partial charge in [-0.25, -0.2) is 9.78 Å². The zero-order valence-electron chi connectivity index (χ0n) is 13.8. The largest absolute Gasteiger partial charge is 0.465 e. The van der Waals surface area contributed by atoms with Crippen LogP contribution in [0.15, 0.2) is 59.3 Å². The number of aromatic nitrogens is 3. The highest BCUT2D eigenvalue weighted by Gasteiger charge is 2.17. The van der Waals surface area contributed by atoms with Crippen molar-refractivity contribution in [1.82, 2.24) is 14.8 Å². The van der Waals surface area contributed by atoms with Crippen molar-refractivity contribution >= 4 is 28.5 Å². The number of ether oxygens (including phenoxy) is 1. The van der Waals surface area contributed by atoms with Crippen LogP contribution in [-0.2, 0) is 11.3 Å². The maximum atomic E-state index is 12.1. The molecule has 0 spiro atoms. The number of hydrogen-bond acceptors (Lipinski definition) is 5. The third-order valence-electron chi connectivity index (χ3n) is 3.98. The predicted octanol–water partition coefficient (Wildman–Crippen LogP) is 4.18. The Morgan fingerprint density at radius 1 is 1.23 bits per heavy atom. The quantitative estimate of drug-likeness (QED) is 0.506. The van der Waals surface area contributed by atoms with Crippen LogP contribution in [0.2, 0.25) is 5.02 Å². The molecule has 26 heavy (non-hydrogen) atoms. The monoisotopic (exact) mass is 367 g/mol. The van der Waals surface area contributed by atoms with Crippen molar-refractivity contribution in [3.05, 3.63) is 71.2 Å². The molecule has 0 bridgehead atoms. The molecule has 4 aromatic rings. The number of methoxy groups -OCH3 is 1. The van der Waals surface area contributed by atoms with E-state index in [-0.39, 0.29) is 0 Å². The Hall–Kier alpha value is -3.12. The Labute approximate surface area is 154 Å². The summed E-state index contributed by atoms with van der Waals surface area (Å²) in [6.45, 7) is 0.328. The summed E-state index contributed by atoms with van der Waals surface area (Å²) in [5, 5.41) is 5.55. The summed E-state index contributed by atoms with van der Waals surface area (Å²) in [5.41, 5.74) is 1.89. The third-order valence-corrected chi connectivity index (χ3v) is 4.20. The zero-order valence-corrected chi connectivity index (χ0v) is 14.6. The summed E-state index contributed by atoms with van der Waals surface area (Å²) in [4.78, 5) is 16.4.